The van der Waals surface area contributed by atoms with E-state index < -0.39 is 0 Å². The van der Waals surface area contributed by atoms with Gasteiger partial charge in [-0.1, -0.05) is 12.1 Å². The van der Waals surface area contributed by atoms with Crippen LogP contribution < -0.4 is 15.0 Å². The van der Waals surface area contributed by atoms with Gasteiger partial charge < -0.3 is 19.9 Å². The van der Waals surface area contributed by atoms with Crippen LogP contribution in [0.25, 0.3) is 22.4 Å². The van der Waals surface area contributed by atoms with Gasteiger partial charge in [0.2, 0.25) is 0 Å². The molecule has 3 heterocycles. The molecular weight excluding hydrogens is 390 g/mol. The summed E-state index contributed by atoms with van der Waals surface area (Å²) in [7, 11) is 3.82. The van der Waals surface area contributed by atoms with Crippen LogP contribution >= 0.6 is 0 Å². The van der Waals surface area contributed by atoms with Crippen molar-refractivity contribution in [2.24, 2.45) is 0 Å². The Kier molecular flexibility index (Phi) is 5.13. The maximum Gasteiger partial charge on any atom is 0.162 e. The van der Waals surface area contributed by atoms with Crippen molar-refractivity contribution in [3.05, 3.63) is 54.7 Å². The molecular formula is C23H25N7O. The minimum atomic E-state index is 0.615. The van der Waals surface area contributed by atoms with Crippen molar-refractivity contribution in [3.8, 4) is 17.1 Å². The van der Waals surface area contributed by atoms with Gasteiger partial charge in [0.15, 0.2) is 11.6 Å². The van der Waals surface area contributed by atoms with Gasteiger partial charge >= 0.3 is 0 Å². The summed E-state index contributed by atoms with van der Waals surface area (Å²) in [6.45, 7) is 4.28. The molecule has 1 saturated heterocycles. The lowest BCUT2D eigenvalue weighted by atomic mass is 10.2. The molecule has 8 nitrogen and oxygen atoms in total. The van der Waals surface area contributed by atoms with E-state index in [1.165, 1.54) is 5.69 Å². The van der Waals surface area contributed by atoms with Crippen molar-refractivity contribution in [3.63, 3.8) is 0 Å². The first kappa shape index (κ1) is 19.3. The molecule has 1 aliphatic heterocycles. The predicted molar refractivity (Wildman–Crippen MR) is 123 cm³/mol. The van der Waals surface area contributed by atoms with Gasteiger partial charge in [-0.2, -0.15) is 5.10 Å². The second-order valence-corrected chi connectivity index (χ2v) is 7.72. The zero-order chi connectivity index (χ0) is 21.2. The molecule has 5 rings (SSSR count). The van der Waals surface area contributed by atoms with Crippen molar-refractivity contribution in [1.82, 2.24) is 25.1 Å². The Morgan fingerprint density at radius 3 is 2.58 bits per heavy atom. The number of aromatic amines is 1. The molecule has 0 spiro atoms. The van der Waals surface area contributed by atoms with E-state index >= 15 is 0 Å². The van der Waals surface area contributed by atoms with Crippen molar-refractivity contribution >= 4 is 28.2 Å². The van der Waals surface area contributed by atoms with Crippen LogP contribution in [0.3, 0.4) is 0 Å². The van der Waals surface area contributed by atoms with E-state index in [0.717, 1.165) is 54.2 Å². The normalized spacial score (nSPS) is 14.7. The average molecular weight is 416 g/mol. The van der Waals surface area contributed by atoms with Gasteiger partial charge in [0.05, 0.1) is 13.3 Å². The van der Waals surface area contributed by atoms with E-state index in [2.05, 4.69) is 61.6 Å². The number of aromatic nitrogens is 4. The number of nitrogens with zero attached hydrogens (tertiary/aromatic N) is 5. The van der Waals surface area contributed by atoms with Gasteiger partial charge in [-0.3, -0.25) is 5.10 Å². The SMILES string of the molecule is COc1cccc(-c2nc(Nc3ccc(N4CCN(C)CC4)cc3)c3[nH]ncc3n2)c1. The molecule has 0 radical (unpaired) electrons. The number of methoxy groups -OCH3 is 1. The lowest BCUT2D eigenvalue weighted by molar-refractivity contribution is 0.313. The van der Waals surface area contributed by atoms with E-state index in [4.69, 9.17) is 9.72 Å². The first-order valence-electron chi connectivity index (χ1n) is 10.4. The van der Waals surface area contributed by atoms with Crippen molar-refractivity contribution in [1.29, 1.82) is 0 Å². The Morgan fingerprint density at radius 2 is 1.81 bits per heavy atom. The van der Waals surface area contributed by atoms with Crippen LogP contribution in [0.4, 0.5) is 17.2 Å². The molecule has 2 N–H and O–H groups in total. The fourth-order valence-corrected chi connectivity index (χ4v) is 3.78. The molecule has 0 saturated carbocycles. The van der Waals surface area contributed by atoms with Crippen LogP contribution in [0.2, 0.25) is 0 Å². The van der Waals surface area contributed by atoms with E-state index in [-0.39, 0.29) is 0 Å². The van der Waals surface area contributed by atoms with Gasteiger partial charge in [-0.15, -0.1) is 0 Å². The highest BCUT2D eigenvalue weighted by Crippen LogP contribution is 2.28. The highest BCUT2D eigenvalue weighted by atomic mass is 16.5. The van der Waals surface area contributed by atoms with Crippen LogP contribution in [0, 0.1) is 0 Å². The number of likely N-dealkylation sites (N-methyl/N-ethyl adjacent to an activating group) is 1. The van der Waals surface area contributed by atoms with Crippen molar-refractivity contribution in [2.75, 3.05) is 50.6 Å². The molecule has 1 aliphatic rings. The molecule has 158 valence electrons. The average Bonchev–Trinajstić information content (AvgIpc) is 3.29. The summed E-state index contributed by atoms with van der Waals surface area (Å²) >= 11 is 0. The number of H-pyrrole nitrogens is 1. The molecule has 2 aromatic heterocycles. The Morgan fingerprint density at radius 1 is 1.00 bits per heavy atom. The third-order valence-electron chi connectivity index (χ3n) is 5.63. The van der Waals surface area contributed by atoms with Crippen LogP contribution in [-0.4, -0.2) is 65.4 Å². The maximum atomic E-state index is 5.35. The largest absolute Gasteiger partial charge is 0.497 e. The Labute approximate surface area is 180 Å². The molecule has 0 bridgehead atoms. The summed E-state index contributed by atoms with van der Waals surface area (Å²) in [5, 5.41) is 10.6. The number of piperazine rings is 1. The van der Waals surface area contributed by atoms with E-state index in [1.807, 2.05) is 24.3 Å². The fraction of sp³-hybridized carbons (Fsp3) is 0.261. The highest BCUT2D eigenvalue weighted by molar-refractivity contribution is 5.88. The van der Waals surface area contributed by atoms with E-state index in [9.17, 15) is 0 Å². The van der Waals surface area contributed by atoms with Crippen molar-refractivity contribution in [2.45, 2.75) is 0 Å². The van der Waals surface area contributed by atoms with Gasteiger partial charge in [0.25, 0.3) is 0 Å². The Balaban J connectivity index is 1.43. The lowest BCUT2D eigenvalue weighted by Crippen LogP contribution is -2.44. The summed E-state index contributed by atoms with van der Waals surface area (Å²) in [5.41, 5.74) is 4.62. The first-order valence-corrected chi connectivity index (χ1v) is 10.4. The van der Waals surface area contributed by atoms with Gasteiger partial charge in [-0.25, -0.2) is 9.97 Å². The highest BCUT2D eigenvalue weighted by Gasteiger charge is 2.15. The minimum Gasteiger partial charge on any atom is -0.497 e. The number of fused-ring (bicyclic) bond motifs is 1. The Bertz CT molecular complexity index is 1180. The van der Waals surface area contributed by atoms with Crippen molar-refractivity contribution < 1.29 is 4.74 Å². The molecule has 0 unspecified atom stereocenters. The zero-order valence-electron chi connectivity index (χ0n) is 17.7. The third kappa shape index (κ3) is 4.02. The first-order chi connectivity index (χ1) is 15.2. The standard InChI is InChI=1S/C23H25N7O/c1-29-10-12-30(13-11-29)18-8-6-17(7-9-18)25-23-21-20(15-24-28-21)26-22(27-23)16-4-3-5-19(14-16)31-2/h3-9,14-15H,10-13H2,1-2H3,(H,24,28)(H,25,26,27). The number of benzene rings is 2. The van der Waals surface area contributed by atoms with Gasteiger partial charge in [0.1, 0.15) is 16.8 Å². The summed E-state index contributed by atoms with van der Waals surface area (Å²) in [6, 6.07) is 16.2. The van der Waals surface area contributed by atoms with Gasteiger partial charge in [-0.05, 0) is 43.4 Å². The monoisotopic (exact) mass is 415 g/mol. The van der Waals surface area contributed by atoms with Gasteiger partial charge in [0, 0.05) is 43.1 Å². The topological polar surface area (TPSA) is 82.2 Å². The second-order valence-electron chi connectivity index (χ2n) is 7.72. The molecule has 4 aromatic rings. The predicted octanol–water partition coefficient (Wildman–Crippen LogP) is 3.52. The minimum absolute atomic E-state index is 0.615. The Hall–Kier alpha value is -3.65. The number of anilines is 3. The quantitative estimate of drug-likeness (QED) is 0.516. The van der Waals surface area contributed by atoms with E-state index in [1.54, 1.807) is 13.3 Å². The molecule has 1 fully saturated rings. The molecule has 0 amide bonds. The molecule has 0 atom stereocenters. The summed E-state index contributed by atoms with van der Waals surface area (Å²) in [6.07, 6.45) is 1.71. The molecule has 31 heavy (non-hydrogen) atoms. The second kappa shape index (κ2) is 8.23. The third-order valence-corrected chi connectivity index (χ3v) is 5.63. The molecule has 2 aromatic carbocycles. The van der Waals surface area contributed by atoms with Crippen LogP contribution in [0.15, 0.2) is 54.7 Å². The smallest absolute Gasteiger partial charge is 0.162 e. The fourth-order valence-electron chi connectivity index (χ4n) is 3.78. The number of hydrogen-bond acceptors (Lipinski definition) is 7. The molecule has 8 heteroatoms. The summed E-state index contributed by atoms with van der Waals surface area (Å²) in [5.74, 6) is 2.07. The number of nitrogens with one attached hydrogen (secondary N) is 2. The van der Waals surface area contributed by atoms with Crippen LogP contribution in [0.5, 0.6) is 5.75 Å². The lowest BCUT2D eigenvalue weighted by Gasteiger charge is -2.34. The van der Waals surface area contributed by atoms with Crippen LogP contribution in [-0.2, 0) is 0 Å². The maximum absolute atomic E-state index is 5.35. The number of rotatable bonds is 5. The molecule has 0 aliphatic carbocycles. The zero-order valence-corrected chi connectivity index (χ0v) is 17.7. The summed E-state index contributed by atoms with van der Waals surface area (Å²) < 4.78 is 5.35. The summed E-state index contributed by atoms with van der Waals surface area (Å²) in [4.78, 5) is 14.2. The number of hydrogen-bond donors (Lipinski definition) is 2. The van der Waals surface area contributed by atoms with Crippen LogP contribution in [0.1, 0.15) is 0 Å². The number of ether oxygens (including phenoxy) is 1. The van der Waals surface area contributed by atoms with E-state index in [0.29, 0.717) is 11.6 Å².